The third-order valence-electron chi connectivity index (χ3n) is 2.82. The van der Waals surface area contributed by atoms with E-state index in [-0.39, 0.29) is 11.4 Å². The topological polar surface area (TPSA) is 46.2 Å². The van der Waals surface area contributed by atoms with Gasteiger partial charge in [-0.15, -0.1) is 0 Å². The molecule has 0 atom stereocenters. The SMILES string of the molecule is Cc1ccc(S(=O)(=O)NCc2cccc(Cl)c2Cl)cc1. The molecular weight excluding hydrogens is 317 g/mol. The molecular formula is C14H13Cl2NO2S. The molecule has 0 aliphatic rings. The molecule has 0 heterocycles. The van der Waals surface area contributed by atoms with Crippen LogP contribution in [0.3, 0.4) is 0 Å². The second-order valence-electron chi connectivity index (χ2n) is 4.35. The Morgan fingerprint density at radius 2 is 1.70 bits per heavy atom. The van der Waals surface area contributed by atoms with Crippen LogP contribution >= 0.6 is 23.2 Å². The fraction of sp³-hybridized carbons (Fsp3) is 0.143. The molecule has 0 radical (unpaired) electrons. The lowest BCUT2D eigenvalue weighted by Gasteiger charge is -2.09. The van der Waals surface area contributed by atoms with Gasteiger partial charge < -0.3 is 0 Å². The number of aryl methyl sites for hydroxylation is 1. The minimum absolute atomic E-state index is 0.0929. The standard InChI is InChI=1S/C14H13Cl2NO2S/c1-10-5-7-12(8-6-10)20(18,19)17-9-11-3-2-4-13(15)14(11)16/h2-8,17H,9H2,1H3. The highest BCUT2D eigenvalue weighted by atomic mass is 35.5. The van der Waals surface area contributed by atoms with E-state index < -0.39 is 10.0 Å². The molecule has 0 bridgehead atoms. The van der Waals surface area contributed by atoms with Crippen LogP contribution in [0.2, 0.25) is 10.0 Å². The zero-order chi connectivity index (χ0) is 14.8. The smallest absolute Gasteiger partial charge is 0.207 e. The van der Waals surface area contributed by atoms with E-state index in [0.717, 1.165) is 5.56 Å². The zero-order valence-electron chi connectivity index (χ0n) is 10.7. The van der Waals surface area contributed by atoms with Crippen LogP contribution in [0, 0.1) is 6.92 Å². The quantitative estimate of drug-likeness (QED) is 0.927. The van der Waals surface area contributed by atoms with Crippen molar-refractivity contribution in [1.29, 1.82) is 0 Å². The maximum atomic E-state index is 12.1. The van der Waals surface area contributed by atoms with Gasteiger partial charge in [-0.3, -0.25) is 0 Å². The third kappa shape index (κ3) is 3.52. The van der Waals surface area contributed by atoms with Gasteiger partial charge in [0.2, 0.25) is 10.0 Å². The molecule has 0 saturated heterocycles. The zero-order valence-corrected chi connectivity index (χ0v) is 13.1. The predicted octanol–water partition coefficient (Wildman–Crippen LogP) is 3.78. The first-order chi connectivity index (χ1) is 9.40. The van der Waals surface area contributed by atoms with E-state index in [2.05, 4.69) is 4.72 Å². The van der Waals surface area contributed by atoms with Crippen LogP contribution in [0.5, 0.6) is 0 Å². The van der Waals surface area contributed by atoms with Gasteiger partial charge in [-0.05, 0) is 30.7 Å². The van der Waals surface area contributed by atoms with E-state index in [9.17, 15) is 8.42 Å². The average Bonchev–Trinajstić information content (AvgIpc) is 2.41. The van der Waals surface area contributed by atoms with Crippen LogP contribution in [0.15, 0.2) is 47.4 Å². The highest BCUT2D eigenvalue weighted by Gasteiger charge is 2.14. The molecule has 20 heavy (non-hydrogen) atoms. The largest absolute Gasteiger partial charge is 0.240 e. The first-order valence-electron chi connectivity index (χ1n) is 5.89. The van der Waals surface area contributed by atoms with Crippen LogP contribution in [0.25, 0.3) is 0 Å². The van der Waals surface area contributed by atoms with E-state index in [1.807, 2.05) is 6.92 Å². The summed E-state index contributed by atoms with van der Waals surface area (Å²) >= 11 is 11.9. The first-order valence-corrected chi connectivity index (χ1v) is 8.13. The molecule has 3 nitrogen and oxygen atoms in total. The molecule has 0 aromatic heterocycles. The van der Waals surface area contributed by atoms with Crippen LogP contribution < -0.4 is 4.72 Å². The number of rotatable bonds is 4. The van der Waals surface area contributed by atoms with Crippen molar-refractivity contribution in [3.8, 4) is 0 Å². The van der Waals surface area contributed by atoms with Gasteiger partial charge in [0, 0.05) is 6.54 Å². The average molecular weight is 330 g/mol. The van der Waals surface area contributed by atoms with Crippen LogP contribution in [-0.2, 0) is 16.6 Å². The van der Waals surface area contributed by atoms with Crippen molar-refractivity contribution in [3.63, 3.8) is 0 Å². The highest BCUT2D eigenvalue weighted by molar-refractivity contribution is 7.89. The van der Waals surface area contributed by atoms with Crippen molar-refractivity contribution in [2.75, 3.05) is 0 Å². The second kappa shape index (κ2) is 6.14. The summed E-state index contributed by atoms with van der Waals surface area (Å²) in [6, 6.07) is 11.7. The van der Waals surface area contributed by atoms with Crippen molar-refractivity contribution in [1.82, 2.24) is 4.72 Å². The van der Waals surface area contributed by atoms with Gasteiger partial charge >= 0.3 is 0 Å². The van der Waals surface area contributed by atoms with Gasteiger partial charge in [-0.2, -0.15) is 0 Å². The Hall–Kier alpha value is -1.07. The fourth-order valence-corrected chi connectivity index (χ4v) is 3.05. The van der Waals surface area contributed by atoms with Crippen molar-refractivity contribution in [2.45, 2.75) is 18.4 Å². The van der Waals surface area contributed by atoms with Crippen molar-refractivity contribution < 1.29 is 8.42 Å². The number of halogens is 2. The molecule has 2 rings (SSSR count). The van der Waals surface area contributed by atoms with Gasteiger partial charge in [-0.25, -0.2) is 13.1 Å². The Morgan fingerprint density at radius 3 is 2.35 bits per heavy atom. The Labute approximate surface area is 128 Å². The normalized spacial score (nSPS) is 11.6. The molecule has 0 aliphatic carbocycles. The first kappa shape index (κ1) is 15.3. The Bertz CT molecular complexity index is 712. The molecule has 2 aromatic carbocycles. The summed E-state index contributed by atoms with van der Waals surface area (Å²) in [5.74, 6) is 0. The van der Waals surface area contributed by atoms with Gasteiger partial charge in [-0.1, -0.05) is 53.0 Å². The summed E-state index contributed by atoms with van der Waals surface area (Å²) in [4.78, 5) is 0.223. The predicted molar refractivity (Wildman–Crippen MR) is 81.7 cm³/mol. The molecule has 0 aliphatic heterocycles. The molecule has 0 fully saturated rings. The summed E-state index contributed by atoms with van der Waals surface area (Å²) in [5, 5.41) is 0.763. The van der Waals surface area contributed by atoms with E-state index >= 15 is 0 Å². The summed E-state index contributed by atoms with van der Waals surface area (Å²) < 4.78 is 26.8. The maximum Gasteiger partial charge on any atom is 0.240 e. The molecule has 1 N–H and O–H groups in total. The molecule has 0 amide bonds. The summed E-state index contributed by atoms with van der Waals surface area (Å²) in [6.45, 7) is 1.99. The number of nitrogens with one attached hydrogen (secondary N) is 1. The fourth-order valence-electron chi connectivity index (χ4n) is 1.66. The van der Waals surface area contributed by atoms with Gasteiger partial charge in [0.15, 0.2) is 0 Å². The van der Waals surface area contributed by atoms with E-state index in [4.69, 9.17) is 23.2 Å². The van der Waals surface area contributed by atoms with Gasteiger partial charge in [0.25, 0.3) is 0 Å². The van der Waals surface area contributed by atoms with E-state index in [1.165, 1.54) is 0 Å². The van der Waals surface area contributed by atoms with E-state index in [0.29, 0.717) is 15.6 Å². The number of sulfonamides is 1. The molecule has 0 saturated carbocycles. The number of hydrogen-bond acceptors (Lipinski definition) is 2. The van der Waals surface area contributed by atoms with Crippen molar-refractivity contribution in [3.05, 3.63) is 63.6 Å². The minimum Gasteiger partial charge on any atom is -0.207 e. The van der Waals surface area contributed by atoms with E-state index in [1.54, 1.807) is 42.5 Å². The third-order valence-corrected chi connectivity index (χ3v) is 5.09. The van der Waals surface area contributed by atoms with Crippen LogP contribution in [0.4, 0.5) is 0 Å². The molecule has 106 valence electrons. The molecule has 0 unspecified atom stereocenters. The Balaban J connectivity index is 2.17. The van der Waals surface area contributed by atoms with Crippen molar-refractivity contribution in [2.24, 2.45) is 0 Å². The lowest BCUT2D eigenvalue weighted by Crippen LogP contribution is -2.23. The minimum atomic E-state index is -3.56. The monoisotopic (exact) mass is 329 g/mol. The summed E-state index contributed by atoms with van der Waals surface area (Å²) in [5.41, 5.74) is 1.64. The van der Waals surface area contributed by atoms with Crippen LogP contribution in [0.1, 0.15) is 11.1 Å². The molecule has 0 spiro atoms. The van der Waals surface area contributed by atoms with Gasteiger partial charge in [0.05, 0.1) is 14.9 Å². The summed E-state index contributed by atoms with van der Waals surface area (Å²) in [7, 11) is -3.56. The lowest BCUT2D eigenvalue weighted by molar-refractivity contribution is 0.581. The maximum absolute atomic E-state index is 12.1. The van der Waals surface area contributed by atoms with Crippen LogP contribution in [-0.4, -0.2) is 8.42 Å². The Morgan fingerprint density at radius 1 is 1.05 bits per heavy atom. The summed E-state index contributed by atoms with van der Waals surface area (Å²) in [6.07, 6.45) is 0. The molecule has 6 heteroatoms. The van der Waals surface area contributed by atoms with Gasteiger partial charge in [0.1, 0.15) is 0 Å². The number of hydrogen-bond donors (Lipinski definition) is 1. The highest BCUT2D eigenvalue weighted by Crippen LogP contribution is 2.25. The number of benzene rings is 2. The Kier molecular flexibility index (Phi) is 4.70. The van der Waals surface area contributed by atoms with Crippen molar-refractivity contribution >= 4 is 33.2 Å². The lowest BCUT2D eigenvalue weighted by atomic mass is 10.2. The second-order valence-corrected chi connectivity index (χ2v) is 6.90. The molecule has 2 aromatic rings.